The van der Waals surface area contributed by atoms with Crippen molar-refractivity contribution in [2.45, 2.75) is 11.8 Å². The van der Waals surface area contributed by atoms with Crippen molar-refractivity contribution in [1.82, 2.24) is 20.0 Å². The minimum atomic E-state index is -4.03. The summed E-state index contributed by atoms with van der Waals surface area (Å²) in [6.45, 7) is 1.86. The lowest BCUT2D eigenvalue weighted by Crippen LogP contribution is -2.10. The number of nitrogens with zero attached hydrogens (tertiary/aromatic N) is 4. The number of pyridine rings is 1. The third-order valence-corrected chi connectivity index (χ3v) is 6.01. The molecule has 0 aliphatic heterocycles. The molecule has 10 nitrogen and oxygen atoms in total. The number of rotatable bonds is 8. The van der Waals surface area contributed by atoms with Crippen LogP contribution in [0.25, 0.3) is 11.9 Å². The molecule has 178 valence electrons. The van der Waals surface area contributed by atoms with Crippen LogP contribution >= 0.6 is 0 Å². The number of hydrogen-bond acceptors (Lipinski definition) is 8. The third-order valence-electron chi connectivity index (χ3n) is 4.76. The molecule has 0 saturated heterocycles. The standard InChI is InChI=1S/C24H21N5O5S/c1-17-3-8-20(9-4-17)35(31,32)34-21-10-5-18(15-22(21)33-2)6-12-24(30)28-19-7-11-23(25-16-19)29-26-13-14-27-29/h3-16H,1-2H3,(H,28,30)/b12-6+. The van der Waals surface area contributed by atoms with Crippen molar-refractivity contribution < 1.29 is 22.1 Å². The number of amides is 1. The minimum absolute atomic E-state index is 0.0347. The molecule has 0 atom stereocenters. The molecule has 0 radical (unpaired) electrons. The molecule has 0 unspecified atom stereocenters. The van der Waals surface area contributed by atoms with Crippen LogP contribution in [-0.2, 0) is 14.9 Å². The fourth-order valence-corrected chi connectivity index (χ4v) is 3.94. The van der Waals surface area contributed by atoms with E-state index in [1.54, 1.807) is 54.9 Å². The quantitative estimate of drug-likeness (QED) is 0.294. The Morgan fingerprint density at radius 1 is 1.00 bits per heavy atom. The van der Waals surface area contributed by atoms with Gasteiger partial charge in [0, 0.05) is 6.08 Å². The number of carbonyl (C=O) groups excluding carboxylic acids is 1. The lowest BCUT2D eigenvalue weighted by molar-refractivity contribution is -0.111. The smallest absolute Gasteiger partial charge is 0.339 e. The zero-order chi connectivity index (χ0) is 24.8. The lowest BCUT2D eigenvalue weighted by Gasteiger charge is -2.11. The van der Waals surface area contributed by atoms with E-state index in [-0.39, 0.29) is 22.3 Å². The van der Waals surface area contributed by atoms with Crippen molar-refractivity contribution in [3.8, 4) is 17.3 Å². The van der Waals surface area contributed by atoms with Crippen molar-refractivity contribution in [3.63, 3.8) is 0 Å². The number of hydrogen-bond donors (Lipinski definition) is 1. The summed E-state index contributed by atoms with van der Waals surface area (Å²) in [4.78, 5) is 17.9. The third kappa shape index (κ3) is 5.89. The monoisotopic (exact) mass is 491 g/mol. The first kappa shape index (κ1) is 23.6. The van der Waals surface area contributed by atoms with E-state index in [0.29, 0.717) is 17.1 Å². The molecule has 35 heavy (non-hydrogen) atoms. The van der Waals surface area contributed by atoms with Gasteiger partial charge in [-0.15, -0.1) is 4.80 Å². The molecule has 1 amide bonds. The zero-order valence-corrected chi connectivity index (χ0v) is 19.6. The Balaban J connectivity index is 1.42. The maximum atomic E-state index is 12.6. The lowest BCUT2D eigenvalue weighted by atomic mass is 10.2. The molecular formula is C24H21N5O5S. The number of ether oxygens (including phenoxy) is 1. The molecule has 0 spiro atoms. The van der Waals surface area contributed by atoms with Crippen LogP contribution < -0.4 is 14.2 Å². The van der Waals surface area contributed by atoms with E-state index in [2.05, 4.69) is 20.5 Å². The average molecular weight is 492 g/mol. The normalized spacial score (nSPS) is 11.4. The minimum Gasteiger partial charge on any atom is -0.493 e. The van der Waals surface area contributed by atoms with Crippen LogP contribution in [0.5, 0.6) is 11.5 Å². The molecule has 2 heterocycles. The van der Waals surface area contributed by atoms with Gasteiger partial charge in [-0.05, 0) is 55.0 Å². The van der Waals surface area contributed by atoms with Gasteiger partial charge in [0.25, 0.3) is 0 Å². The highest BCUT2D eigenvalue weighted by atomic mass is 32.2. The summed E-state index contributed by atoms with van der Waals surface area (Å²) in [5.41, 5.74) is 2.04. The summed E-state index contributed by atoms with van der Waals surface area (Å²) in [5.74, 6) is 0.378. The van der Waals surface area contributed by atoms with Crippen molar-refractivity contribution >= 4 is 27.8 Å². The predicted octanol–water partition coefficient (Wildman–Crippen LogP) is 3.40. The predicted molar refractivity (Wildman–Crippen MR) is 129 cm³/mol. The summed E-state index contributed by atoms with van der Waals surface area (Å²) in [6.07, 6.45) is 7.47. The van der Waals surface area contributed by atoms with Crippen molar-refractivity contribution in [2.24, 2.45) is 0 Å². The summed E-state index contributed by atoms with van der Waals surface area (Å²) < 4.78 is 35.7. The van der Waals surface area contributed by atoms with E-state index in [4.69, 9.17) is 8.92 Å². The Bertz CT molecular complexity index is 1450. The van der Waals surface area contributed by atoms with E-state index in [1.807, 2.05) is 6.92 Å². The largest absolute Gasteiger partial charge is 0.493 e. The highest BCUT2D eigenvalue weighted by Crippen LogP contribution is 2.31. The number of aryl methyl sites for hydroxylation is 1. The molecule has 4 aromatic rings. The highest BCUT2D eigenvalue weighted by Gasteiger charge is 2.19. The second kappa shape index (κ2) is 10.2. The van der Waals surface area contributed by atoms with Gasteiger partial charge in [-0.3, -0.25) is 4.79 Å². The van der Waals surface area contributed by atoms with Gasteiger partial charge in [-0.1, -0.05) is 23.8 Å². The van der Waals surface area contributed by atoms with Crippen molar-refractivity contribution in [2.75, 3.05) is 12.4 Å². The first-order valence-corrected chi connectivity index (χ1v) is 11.8. The van der Waals surface area contributed by atoms with Crippen LogP contribution in [0.4, 0.5) is 5.69 Å². The number of nitrogens with one attached hydrogen (secondary N) is 1. The Morgan fingerprint density at radius 3 is 2.40 bits per heavy atom. The Hall–Kier alpha value is -4.51. The fraction of sp³-hybridized carbons (Fsp3) is 0.0833. The van der Waals surface area contributed by atoms with Crippen LogP contribution in [0.1, 0.15) is 11.1 Å². The van der Waals surface area contributed by atoms with Gasteiger partial charge in [0.2, 0.25) is 5.91 Å². The van der Waals surface area contributed by atoms with Gasteiger partial charge in [0.1, 0.15) is 4.90 Å². The van der Waals surface area contributed by atoms with Crippen LogP contribution in [-0.4, -0.2) is 41.4 Å². The summed E-state index contributed by atoms with van der Waals surface area (Å²) >= 11 is 0. The topological polar surface area (TPSA) is 125 Å². The van der Waals surface area contributed by atoms with E-state index in [0.717, 1.165) is 5.56 Å². The second-order valence-electron chi connectivity index (χ2n) is 7.31. The van der Waals surface area contributed by atoms with Gasteiger partial charge in [-0.25, -0.2) is 4.98 Å². The molecule has 0 aliphatic carbocycles. The van der Waals surface area contributed by atoms with Crippen LogP contribution in [0, 0.1) is 6.92 Å². The molecule has 2 aromatic heterocycles. The van der Waals surface area contributed by atoms with Crippen LogP contribution in [0.15, 0.2) is 84.2 Å². The molecule has 2 aromatic carbocycles. The maximum absolute atomic E-state index is 12.6. The first-order chi connectivity index (χ1) is 16.8. The molecule has 1 N–H and O–H groups in total. The Labute approximate surface area is 202 Å². The Morgan fingerprint density at radius 2 is 1.74 bits per heavy atom. The van der Waals surface area contributed by atoms with Crippen molar-refractivity contribution in [1.29, 1.82) is 0 Å². The summed E-state index contributed by atoms with van der Waals surface area (Å²) in [6, 6.07) is 14.3. The second-order valence-corrected chi connectivity index (χ2v) is 8.85. The molecule has 0 saturated carbocycles. The molecule has 0 fully saturated rings. The van der Waals surface area contributed by atoms with E-state index < -0.39 is 10.1 Å². The van der Waals surface area contributed by atoms with Gasteiger partial charge in [0.05, 0.1) is 31.4 Å². The van der Waals surface area contributed by atoms with Gasteiger partial charge < -0.3 is 14.2 Å². The number of anilines is 1. The van der Waals surface area contributed by atoms with Gasteiger partial charge in [-0.2, -0.15) is 18.6 Å². The van der Waals surface area contributed by atoms with Gasteiger partial charge >= 0.3 is 10.1 Å². The summed E-state index contributed by atoms with van der Waals surface area (Å²) in [5, 5.41) is 10.7. The molecule has 4 rings (SSSR count). The molecule has 11 heteroatoms. The SMILES string of the molecule is COc1cc(/C=C/C(=O)Nc2ccc(-n3nccn3)nc2)ccc1OS(=O)(=O)c1ccc(C)cc1. The van der Waals surface area contributed by atoms with Crippen LogP contribution in [0.3, 0.4) is 0 Å². The molecule has 0 aliphatic rings. The highest BCUT2D eigenvalue weighted by molar-refractivity contribution is 7.87. The molecule has 0 bridgehead atoms. The van der Waals surface area contributed by atoms with E-state index >= 15 is 0 Å². The number of benzene rings is 2. The number of aromatic nitrogens is 4. The van der Waals surface area contributed by atoms with E-state index in [1.165, 1.54) is 42.4 Å². The fourth-order valence-electron chi connectivity index (χ4n) is 3.00. The molecular weight excluding hydrogens is 470 g/mol. The summed E-state index contributed by atoms with van der Waals surface area (Å²) in [7, 11) is -2.63. The number of carbonyl (C=O) groups is 1. The Kier molecular flexibility index (Phi) is 6.88. The average Bonchev–Trinajstić information content (AvgIpc) is 3.39. The van der Waals surface area contributed by atoms with Crippen molar-refractivity contribution in [3.05, 3.63) is 90.4 Å². The van der Waals surface area contributed by atoms with Gasteiger partial charge in [0.15, 0.2) is 17.3 Å². The number of methoxy groups -OCH3 is 1. The maximum Gasteiger partial charge on any atom is 0.339 e. The zero-order valence-electron chi connectivity index (χ0n) is 18.8. The first-order valence-electron chi connectivity index (χ1n) is 10.3. The van der Waals surface area contributed by atoms with Crippen LogP contribution in [0.2, 0.25) is 0 Å². The van der Waals surface area contributed by atoms with E-state index in [9.17, 15) is 13.2 Å².